The first kappa shape index (κ1) is 10.6. The Morgan fingerprint density at radius 1 is 1.40 bits per heavy atom. The van der Waals surface area contributed by atoms with Gasteiger partial charge in [-0.05, 0) is 52.7 Å². The van der Waals surface area contributed by atoms with Crippen LogP contribution in [0.4, 0.5) is 0 Å². The summed E-state index contributed by atoms with van der Waals surface area (Å²) in [5, 5.41) is 8.21. The highest BCUT2D eigenvalue weighted by molar-refractivity contribution is 4.89. The molecule has 1 atom stereocenters. The molecule has 0 radical (unpaired) electrons. The van der Waals surface area contributed by atoms with Crippen LogP contribution in [-0.2, 0) is 0 Å². The molecule has 15 heavy (non-hydrogen) atoms. The summed E-state index contributed by atoms with van der Waals surface area (Å²) < 4.78 is 2.02. The first-order valence-electron chi connectivity index (χ1n) is 5.74. The summed E-state index contributed by atoms with van der Waals surface area (Å²) in [6, 6.07) is 0.486. The molecule has 4 nitrogen and oxygen atoms in total. The molecule has 0 bridgehead atoms. The molecule has 84 valence electrons. The van der Waals surface area contributed by atoms with E-state index in [9.17, 15) is 0 Å². The topological polar surface area (TPSA) is 34.0 Å². The predicted molar refractivity (Wildman–Crippen MR) is 59.7 cm³/mol. The maximum Gasteiger partial charge on any atom is 0.0796 e. The van der Waals surface area contributed by atoms with E-state index in [1.807, 2.05) is 17.8 Å². The number of aromatic nitrogens is 3. The fourth-order valence-electron chi connectivity index (χ4n) is 2.29. The van der Waals surface area contributed by atoms with Gasteiger partial charge in [0, 0.05) is 6.20 Å². The van der Waals surface area contributed by atoms with Gasteiger partial charge in [-0.1, -0.05) is 5.21 Å². The fraction of sp³-hybridized carbons (Fsp3) is 0.818. The average Bonchev–Trinajstić information content (AvgIpc) is 2.65. The average molecular weight is 208 g/mol. The van der Waals surface area contributed by atoms with Crippen LogP contribution in [0.1, 0.15) is 31.5 Å². The number of hydrogen-bond donors (Lipinski definition) is 0. The molecule has 1 aromatic heterocycles. The summed E-state index contributed by atoms with van der Waals surface area (Å²) in [6.45, 7) is 6.67. The lowest BCUT2D eigenvalue weighted by Crippen LogP contribution is -2.33. The van der Waals surface area contributed by atoms with E-state index in [4.69, 9.17) is 0 Å². The second-order valence-corrected chi connectivity index (χ2v) is 4.72. The van der Waals surface area contributed by atoms with Gasteiger partial charge in [-0.3, -0.25) is 0 Å². The molecule has 1 saturated heterocycles. The van der Waals surface area contributed by atoms with Gasteiger partial charge >= 0.3 is 0 Å². The van der Waals surface area contributed by atoms with Gasteiger partial charge in [0.2, 0.25) is 0 Å². The SMILES string of the molecule is Cc1cn([C@@H](C)C2CCN(C)CC2)nn1. The number of likely N-dealkylation sites (tertiary alicyclic amines) is 1. The Morgan fingerprint density at radius 2 is 2.07 bits per heavy atom. The van der Waals surface area contributed by atoms with E-state index in [1.165, 1.54) is 25.9 Å². The Morgan fingerprint density at radius 3 is 2.60 bits per heavy atom. The quantitative estimate of drug-likeness (QED) is 0.738. The Labute approximate surface area is 91.3 Å². The van der Waals surface area contributed by atoms with Crippen LogP contribution in [0.3, 0.4) is 0 Å². The molecular weight excluding hydrogens is 188 g/mol. The minimum absolute atomic E-state index is 0.486. The van der Waals surface area contributed by atoms with Crippen molar-refractivity contribution >= 4 is 0 Å². The van der Waals surface area contributed by atoms with Gasteiger partial charge in [-0.15, -0.1) is 5.10 Å². The number of nitrogens with zero attached hydrogens (tertiary/aromatic N) is 4. The van der Waals surface area contributed by atoms with Crippen molar-refractivity contribution in [2.24, 2.45) is 5.92 Å². The normalized spacial score (nSPS) is 21.8. The van der Waals surface area contributed by atoms with E-state index in [0.29, 0.717) is 6.04 Å². The Hall–Kier alpha value is -0.900. The standard InChI is InChI=1S/C11H20N4/c1-9-8-15(13-12-9)10(2)11-4-6-14(3)7-5-11/h8,10-11H,4-7H2,1-3H3/t10-/m0/s1. The Balaban J connectivity index is 1.99. The van der Waals surface area contributed by atoms with Gasteiger partial charge < -0.3 is 4.90 Å². The van der Waals surface area contributed by atoms with Crippen molar-refractivity contribution in [3.63, 3.8) is 0 Å². The lowest BCUT2D eigenvalue weighted by atomic mass is 9.91. The summed E-state index contributed by atoms with van der Waals surface area (Å²) in [5.74, 6) is 0.752. The zero-order chi connectivity index (χ0) is 10.8. The summed E-state index contributed by atoms with van der Waals surface area (Å²) in [5.41, 5.74) is 1.01. The zero-order valence-corrected chi connectivity index (χ0v) is 9.85. The van der Waals surface area contributed by atoms with Crippen LogP contribution in [0.15, 0.2) is 6.20 Å². The van der Waals surface area contributed by atoms with Gasteiger partial charge in [-0.2, -0.15) is 0 Å². The number of rotatable bonds is 2. The van der Waals surface area contributed by atoms with Gasteiger partial charge in [0.25, 0.3) is 0 Å². The summed E-state index contributed by atoms with van der Waals surface area (Å²) >= 11 is 0. The summed E-state index contributed by atoms with van der Waals surface area (Å²) in [6.07, 6.45) is 4.59. The largest absolute Gasteiger partial charge is 0.306 e. The Bertz CT molecular complexity index is 312. The lowest BCUT2D eigenvalue weighted by molar-refractivity contribution is 0.173. The second kappa shape index (κ2) is 4.31. The van der Waals surface area contributed by atoms with Crippen molar-refractivity contribution < 1.29 is 0 Å². The molecule has 1 aliphatic rings. The van der Waals surface area contributed by atoms with Gasteiger partial charge in [0.1, 0.15) is 0 Å². The molecule has 1 aromatic rings. The van der Waals surface area contributed by atoms with Crippen LogP contribution in [0.5, 0.6) is 0 Å². The molecule has 0 saturated carbocycles. The van der Waals surface area contributed by atoms with Crippen molar-refractivity contribution in [2.45, 2.75) is 32.7 Å². The second-order valence-electron chi connectivity index (χ2n) is 4.72. The van der Waals surface area contributed by atoms with E-state index >= 15 is 0 Å². The first-order chi connectivity index (χ1) is 7.16. The third kappa shape index (κ3) is 2.37. The van der Waals surface area contributed by atoms with Crippen LogP contribution in [0, 0.1) is 12.8 Å². The highest BCUT2D eigenvalue weighted by Crippen LogP contribution is 2.27. The lowest BCUT2D eigenvalue weighted by Gasteiger charge is -2.32. The van der Waals surface area contributed by atoms with E-state index in [1.54, 1.807) is 0 Å². The third-order valence-corrected chi connectivity index (χ3v) is 3.49. The maximum absolute atomic E-state index is 4.16. The van der Waals surface area contributed by atoms with Gasteiger partial charge in [0.15, 0.2) is 0 Å². The molecule has 1 fully saturated rings. The van der Waals surface area contributed by atoms with Crippen LogP contribution in [-0.4, -0.2) is 40.0 Å². The van der Waals surface area contributed by atoms with E-state index in [0.717, 1.165) is 11.6 Å². The highest BCUT2D eigenvalue weighted by Gasteiger charge is 2.23. The molecule has 2 rings (SSSR count). The van der Waals surface area contributed by atoms with Crippen molar-refractivity contribution in [3.05, 3.63) is 11.9 Å². The van der Waals surface area contributed by atoms with E-state index in [2.05, 4.69) is 29.2 Å². The fourth-order valence-corrected chi connectivity index (χ4v) is 2.29. The first-order valence-corrected chi connectivity index (χ1v) is 5.74. The van der Waals surface area contributed by atoms with Crippen molar-refractivity contribution in [3.8, 4) is 0 Å². The molecular formula is C11H20N4. The monoisotopic (exact) mass is 208 g/mol. The molecule has 0 aromatic carbocycles. The minimum Gasteiger partial charge on any atom is -0.306 e. The van der Waals surface area contributed by atoms with Crippen molar-refractivity contribution in [1.82, 2.24) is 19.9 Å². The minimum atomic E-state index is 0.486. The highest BCUT2D eigenvalue weighted by atomic mass is 15.4. The predicted octanol–water partition coefficient (Wildman–Crippen LogP) is 1.49. The molecule has 4 heteroatoms. The number of aryl methyl sites for hydroxylation is 1. The summed E-state index contributed by atoms with van der Waals surface area (Å²) in [7, 11) is 2.19. The Kier molecular flexibility index (Phi) is 3.05. The number of piperidine rings is 1. The maximum atomic E-state index is 4.16. The van der Waals surface area contributed by atoms with Gasteiger partial charge in [-0.25, -0.2) is 4.68 Å². The smallest absolute Gasteiger partial charge is 0.0796 e. The van der Waals surface area contributed by atoms with Gasteiger partial charge in [0.05, 0.1) is 11.7 Å². The molecule has 0 amide bonds. The van der Waals surface area contributed by atoms with Crippen LogP contribution in [0.2, 0.25) is 0 Å². The molecule has 0 aliphatic carbocycles. The molecule has 0 N–H and O–H groups in total. The van der Waals surface area contributed by atoms with Crippen LogP contribution >= 0.6 is 0 Å². The molecule has 0 spiro atoms. The van der Waals surface area contributed by atoms with Crippen molar-refractivity contribution in [2.75, 3.05) is 20.1 Å². The third-order valence-electron chi connectivity index (χ3n) is 3.49. The molecule has 1 aliphatic heterocycles. The van der Waals surface area contributed by atoms with Crippen LogP contribution < -0.4 is 0 Å². The van der Waals surface area contributed by atoms with E-state index < -0.39 is 0 Å². The number of hydrogen-bond acceptors (Lipinski definition) is 3. The molecule has 0 unspecified atom stereocenters. The van der Waals surface area contributed by atoms with E-state index in [-0.39, 0.29) is 0 Å². The zero-order valence-electron chi connectivity index (χ0n) is 9.85. The van der Waals surface area contributed by atoms with Crippen molar-refractivity contribution in [1.29, 1.82) is 0 Å². The van der Waals surface area contributed by atoms with Crippen LogP contribution in [0.25, 0.3) is 0 Å². The summed E-state index contributed by atoms with van der Waals surface area (Å²) in [4.78, 5) is 2.40. The molecule has 2 heterocycles.